The first kappa shape index (κ1) is 32.6. The summed E-state index contributed by atoms with van der Waals surface area (Å²) in [5, 5.41) is 2.98. The van der Waals surface area contributed by atoms with Gasteiger partial charge in [0.15, 0.2) is 0 Å². The van der Waals surface area contributed by atoms with Crippen molar-refractivity contribution in [2.24, 2.45) is 0 Å². The lowest BCUT2D eigenvalue weighted by molar-refractivity contribution is -0.142. The van der Waals surface area contributed by atoms with E-state index in [-0.39, 0.29) is 49.7 Å². The molecule has 226 valence electrons. The van der Waals surface area contributed by atoms with Crippen LogP contribution in [-0.2, 0) is 32.6 Å². The summed E-state index contributed by atoms with van der Waals surface area (Å²) in [5.41, 5.74) is 0.977. The molecule has 8 nitrogen and oxygen atoms in total. The Hall–Kier alpha value is -3.92. The van der Waals surface area contributed by atoms with E-state index in [0.29, 0.717) is 11.4 Å². The largest absolute Gasteiger partial charge is 0.497 e. The molecule has 10 heteroatoms. The highest BCUT2D eigenvalue weighted by atomic mass is 32.2. The number of hydrogen-bond donors (Lipinski definition) is 1. The standard InChI is InChI=1S/C32H40FN3O5S/c1-32(2,3)34-31(38)29(21-24-13-7-6-8-14-24)35(23-25-15-9-10-18-28(25)33)30(37)19-12-20-36(42(5,39)40)26-16-11-17-27(22-26)41-4/h6-11,13-18,22,29H,12,19-21,23H2,1-5H3,(H,34,38)/t29-/m1/s1. The molecule has 0 aliphatic carbocycles. The topological polar surface area (TPSA) is 96.0 Å². The van der Waals surface area contributed by atoms with E-state index in [1.807, 2.05) is 51.1 Å². The SMILES string of the molecule is COc1cccc(N(CCCC(=O)N(Cc2ccccc2F)[C@H](Cc2ccccc2)C(=O)NC(C)(C)C)S(C)(=O)=O)c1. The molecule has 1 atom stereocenters. The van der Waals surface area contributed by atoms with Crippen LogP contribution in [0.25, 0.3) is 0 Å². The molecule has 0 saturated heterocycles. The number of nitrogens with one attached hydrogen (secondary N) is 1. The molecular formula is C32H40FN3O5S. The molecular weight excluding hydrogens is 557 g/mol. The van der Waals surface area contributed by atoms with Gasteiger partial charge in [0.2, 0.25) is 21.8 Å². The number of nitrogens with zero attached hydrogens (tertiary/aromatic N) is 2. The van der Waals surface area contributed by atoms with Gasteiger partial charge in [-0.05, 0) is 51.0 Å². The summed E-state index contributed by atoms with van der Waals surface area (Å²) >= 11 is 0. The molecule has 3 aromatic rings. The zero-order valence-electron chi connectivity index (χ0n) is 24.8. The third-order valence-corrected chi connectivity index (χ3v) is 7.76. The van der Waals surface area contributed by atoms with Crippen LogP contribution in [0.3, 0.4) is 0 Å². The first-order valence-corrected chi connectivity index (χ1v) is 15.6. The van der Waals surface area contributed by atoms with Crippen LogP contribution >= 0.6 is 0 Å². The number of ether oxygens (including phenoxy) is 1. The summed E-state index contributed by atoms with van der Waals surface area (Å²) in [6, 6.07) is 21.2. The minimum Gasteiger partial charge on any atom is -0.497 e. The lowest BCUT2D eigenvalue weighted by Gasteiger charge is -2.34. The molecule has 0 fully saturated rings. The van der Waals surface area contributed by atoms with E-state index in [1.54, 1.807) is 42.5 Å². The monoisotopic (exact) mass is 597 g/mol. The number of halogens is 1. The van der Waals surface area contributed by atoms with Gasteiger partial charge in [0, 0.05) is 43.1 Å². The number of sulfonamides is 1. The Kier molecular flexibility index (Phi) is 11.1. The van der Waals surface area contributed by atoms with Crippen molar-refractivity contribution in [3.63, 3.8) is 0 Å². The smallest absolute Gasteiger partial charge is 0.243 e. The maximum atomic E-state index is 14.8. The van der Waals surface area contributed by atoms with Crippen LogP contribution in [0.15, 0.2) is 78.9 Å². The van der Waals surface area contributed by atoms with E-state index in [2.05, 4.69) is 5.32 Å². The molecule has 3 rings (SSSR count). The minimum absolute atomic E-state index is 0.0306. The average molecular weight is 598 g/mol. The van der Waals surface area contributed by atoms with E-state index in [9.17, 15) is 22.4 Å². The molecule has 0 unspecified atom stereocenters. The van der Waals surface area contributed by atoms with Crippen LogP contribution in [0, 0.1) is 5.82 Å². The number of rotatable bonds is 13. The molecule has 0 spiro atoms. The number of amides is 2. The molecule has 42 heavy (non-hydrogen) atoms. The van der Waals surface area contributed by atoms with Crippen LogP contribution < -0.4 is 14.4 Å². The van der Waals surface area contributed by atoms with Crippen molar-refractivity contribution in [2.45, 2.75) is 58.2 Å². The second-order valence-electron chi connectivity index (χ2n) is 11.2. The van der Waals surface area contributed by atoms with Gasteiger partial charge in [0.1, 0.15) is 17.6 Å². The van der Waals surface area contributed by atoms with Gasteiger partial charge in [0.25, 0.3) is 0 Å². The van der Waals surface area contributed by atoms with Crippen molar-refractivity contribution in [1.82, 2.24) is 10.2 Å². The van der Waals surface area contributed by atoms with Crippen molar-refractivity contribution >= 4 is 27.5 Å². The molecule has 0 aliphatic heterocycles. The number of anilines is 1. The maximum absolute atomic E-state index is 14.8. The van der Waals surface area contributed by atoms with Crippen molar-refractivity contribution < 1.29 is 27.1 Å². The molecule has 1 N–H and O–H groups in total. The fraction of sp³-hybridized carbons (Fsp3) is 0.375. The Balaban J connectivity index is 1.91. The highest BCUT2D eigenvalue weighted by Gasteiger charge is 2.32. The van der Waals surface area contributed by atoms with Gasteiger partial charge in [-0.1, -0.05) is 54.6 Å². The van der Waals surface area contributed by atoms with Gasteiger partial charge in [-0.3, -0.25) is 13.9 Å². The van der Waals surface area contributed by atoms with E-state index in [1.165, 1.54) is 22.4 Å². The third kappa shape index (κ3) is 9.58. The Morgan fingerprint density at radius 3 is 2.26 bits per heavy atom. The molecule has 0 aromatic heterocycles. The van der Waals surface area contributed by atoms with Crippen molar-refractivity contribution in [3.8, 4) is 5.75 Å². The summed E-state index contributed by atoms with van der Waals surface area (Å²) in [5.74, 6) is -0.722. The molecule has 0 aliphatic rings. The second kappa shape index (κ2) is 14.3. The van der Waals surface area contributed by atoms with E-state index < -0.39 is 27.4 Å². The molecule has 0 radical (unpaired) electrons. The molecule has 0 heterocycles. The van der Waals surface area contributed by atoms with Crippen LogP contribution in [0.1, 0.15) is 44.7 Å². The highest BCUT2D eigenvalue weighted by Crippen LogP contribution is 2.24. The Labute approximate surface area is 248 Å². The normalized spacial score (nSPS) is 12.3. The minimum atomic E-state index is -3.67. The summed E-state index contributed by atoms with van der Waals surface area (Å²) in [6.45, 7) is 5.47. The zero-order valence-corrected chi connectivity index (χ0v) is 25.7. The number of methoxy groups -OCH3 is 1. The lowest BCUT2D eigenvalue weighted by atomic mass is 10.00. The molecule has 2 amide bonds. The Bertz CT molecular complexity index is 1460. The number of hydrogen-bond acceptors (Lipinski definition) is 5. The van der Waals surface area contributed by atoms with Gasteiger partial charge in [-0.2, -0.15) is 0 Å². The van der Waals surface area contributed by atoms with Gasteiger partial charge in [-0.15, -0.1) is 0 Å². The third-order valence-electron chi connectivity index (χ3n) is 6.56. The quantitative estimate of drug-likeness (QED) is 0.301. The van der Waals surface area contributed by atoms with Crippen LogP contribution in [0.5, 0.6) is 5.75 Å². The van der Waals surface area contributed by atoms with Crippen molar-refractivity contribution in [2.75, 3.05) is 24.2 Å². The molecule has 0 bridgehead atoms. The summed E-state index contributed by atoms with van der Waals surface area (Å²) < 4.78 is 46.5. The first-order chi connectivity index (χ1) is 19.8. The molecule has 0 saturated carbocycles. The van der Waals surface area contributed by atoms with Gasteiger partial charge in [-0.25, -0.2) is 12.8 Å². The lowest BCUT2D eigenvalue weighted by Crippen LogP contribution is -2.54. The first-order valence-electron chi connectivity index (χ1n) is 13.8. The highest BCUT2D eigenvalue weighted by molar-refractivity contribution is 7.92. The summed E-state index contributed by atoms with van der Waals surface area (Å²) in [7, 11) is -2.17. The predicted octanol–water partition coefficient (Wildman–Crippen LogP) is 4.94. The second-order valence-corrected chi connectivity index (χ2v) is 13.1. The number of benzene rings is 3. The Morgan fingerprint density at radius 1 is 0.976 bits per heavy atom. The predicted molar refractivity (Wildman–Crippen MR) is 163 cm³/mol. The number of carbonyl (C=O) groups excluding carboxylic acids is 2. The van der Waals surface area contributed by atoms with Gasteiger partial charge in [0.05, 0.1) is 19.1 Å². The molecule has 3 aromatic carbocycles. The van der Waals surface area contributed by atoms with E-state index in [4.69, 9.17) is 4.74 Å². The van der Waals surface area contributed by atoms with Gasteiger partial charge >= 0.3 is 0 Å². The summed E-state index contributed by atoms with van der Waals surface area (Å²) in [6.07, 6.45) is 1.45. The summed E-state index contributed by atoms with van der Waals surface area (Å²) in [4.78, 5) is 28.9. The average Bonchev–Trinajstić information content (AvgIpc) is 2.92. The van der Waals surface area contributed by atoms with Crippen molar-refractivity contribution in [3.05, 3.63) is 95.8 Å². The van der Waals surface area contributed by atoms with E-state index >= 15 is 0 Å². The fourth-order valence-electron chi connectivity index (χ4n) is 4.59. The Morgan fingerprint density at radius 2 is 1.64 bits per heavy atom. The van der Waals surface area contributed by atoms with Crippen LogP contribution in [0.4, 0.5) is 10.1 Å². The van der Waals surface area contributed by atoms with Crippen molar-refractivity contribution in [1.29, 1.82) is 0 Å². The van der Waals surface area contributed by atoms with Gasteiger partial charge < -0.3 is 15.0 Å². The van der Waals surface area contributed by atoms with Crippen LogP contribution in [-0.4, -0.2) is 56.6 Å². The maximum Gasteiger partial charge on any atom is 0.243 e. The number of carbonyl (C=O) groups is 2. The van der Waals surface area contributed by atoms with E-state index in [0.717, 1.165) is 11.8 Å². The fourth-order valence-corrected chi connectivity index (χ4v) is 5.54. The zero-order chi connectivity index (χ0) is 30.9. The van der Waals surface area contributed by atoms with Crippen LogP contribution in [0.2, 0.25) is 0 Å².